The molecule has 0 aliphatic heterocycles. The lowest BCUT2D eigenvalue weighted by atomic mass is 9.99. The summed E-state index contributed by atoms with van der Waals surface area (Å²) in [6, 6.07) is 2.35. The first kappa shape index (κ1) is 19.1. The molecule has 0 spiro atoms. The molecule has 0 radical (unpaired) electrons. The Bertz CT molecular complexity index is 813. The molecule has 130 valence electrons. The van der Waals surface area contributed by atoms with Crippen molar-refractivity contribution < 1.29 is 13.2 Å². The van der Waals surface area contributed by atoms with E-state index in [1.807, 2.05) is 6.92 Å². The topological polar surface area (TPSA) is 75.3 Å². The van der Waals surface area contributed by atoms with Gasteiger partial charge in [-0.2, -0.15) is 0 Å². The van der Waals surface area contributed by atoms with Crippen molar-refractivity contribution in [2.75, 3.05) is 0 Å². The molecule has 1 aromatic carbocycles. The van der Waals surface area contributed by atoms with Gasteiger partial charge in [0.25, 0.3) is 5.91 Å². The van der Waals surface area contributed by atoms with Gasteiger partial charge < -0.3 is 5.32 Å². The summed E-state index contributed by atoms with van der Waals surface area (Å²) in [7, 11) is -3.82. The Morgan fingerprint density at radius 3 is 2.50 bits per heavy atom. The van der Waals surface area contributed by atoms with Crippen LogP contribution in [0.5, 0.6) is 0 Å². The SMILES string of the molecule is C#C[C@@](C)(CC)NC(=O)c1cc(S(=O)(=O)NC2CC2)c(Cl)cc1Cl. The molecule has 0 saturated heterocycles. The van der Waals surface area contributed by atoms with E-state index < -0.39 is 21.5 Å². The molecule has 1 saturated carbocycles. The highest BCUT2D eigenvalue weighted by Crippen LogP contribution is 2.31. The van der Waals surface area contributed by atoms with E-state index in [-0.39, 0.29) is 26.5 Å². The van der Waals surface area contributed by atoms with E-state index in [0.717, 1.165) is 12.8 Å². The first-order chi connectivity index (χ1) is 11.1. The van der Waals surface area contributed by atoms with E-state index in [9.17, 15) is 13.2 Å². The first-order valence-corrected chi connectivity index (χ1v) is 9.67. The average Bonchev–Trinajstić information content (AvgIpc) is 3.29. The van der Waals surface area contributed by atoms with Crippen LogP contribution in [0.25, 0.3) is 0 Å². The van der Waals surface area contributed by atoms with E-state index in [4.69, 9.17) is 29.6 Å². The van der Waals surface area contributed by atoms with Gasteiger partial charge >= 0.3 is 0 Å². The zero-order valence-corrected chi connectivity index (χ0v) is 15.6. The number of benzene rings is 1. The Balaban J connectivity index is 2.39. The third-order valence-corrected chi connectivity index (χ3v) is 6.17. The van der Waals surface area contributed by atoms with Crippen LogP contribution in [-0.4, -0.2) is 25.9 Å². The zero-order valence-electron chi connectivity index (χ0n) is 13.3. The van der Waals surface area contributed by atoms with Crippen LogP contribution in [0.2, 0.25) is 10.0 Å². The van der Waals surface area contributed by atoms with Gasteiger partial charge in [0, 0.05) is 6.04 Å². The molecule has 2 rings (SSSR count). The number of hydrogen-bond donors (Lipinski definition) is 2. The fourth-order valence-corrected chi connectivity index (χ4v) is 4.10. The van der Waals surface area contributed by atoms with Gasteiger partial charge in [-0.15, -0.1) is 6.42 Å². The quantitative estimate of drug-likeness (QED) is 0.735. The van der Waals surface area contributed by atoms with Gasteiger partial charge in [-0.3, -0.25) is 4.79 Å². The van der Waals surface area contributed by atoms with Gasteiger partial charge in [0.05, 0.1) is 21.1 Å². The van der Waals surface area contributed by atoms with E-state index in [1.54, 1.807) is 6.92 Å². The summed E-state index contributed by atoms with van der Waals surface area (Å²) >= 11 is 12.1. The van der Waals surface area contributed by atoms with Gasteiger partial charge in [-0.25, -0.2) is 13.1 Å². The van der Waals surface area contributed by atoms with Crippen molar-refractivity contribution in [3.63, 3.8) is 0 Å². The Morgan fingerprint density at radius 2 is 2.00 bits per heavy atom. The Kier molecular flexibility index (Phi) is 5.50. The molecule has 8 heteroatoms. The van der Waals surface area contributed by atoms with Crippen LogP contribution >= 0.6 is 23.2 Å². The maximum Gasteiger partial charge on any atom is 0.254 e. The minimum absolute atomic E-state index is 0.00663. The monoisotopic (exact) mass is 388 g/mol. The van der Waals surface area contributed by atoms with Crippen LogP contribution in [0.1, 0.15) is 43.5 Å². The van der Waals surface area contributed by atoms with Crippen LogP contribution in [0.3, 0.4) is 0 Å². The van der Waals surface area contributed by atoms with Crippen molar-refractivity contribution in [2.24, 2.45) is 0 Å². The third kappa shape index (κ3) is 4.22. The maximum atomic E-state index is 12.5. The van der Waals surface area contributed by atoms with Crippen LogP contribution in [0, 0.1) is 12.3 Å². The minimum Gasteiger partial charge on any atom is -0.336 e. The van der Waals surface area contributed by atoms with E-state index in [0.29, 0.717) is 6.42 Å². The van der Waals surface area contributed by atoms with Gasteiger partial charge in [-0.05, 0) is 38.3 Å². The molecule has 2 N–H and O–H groups in total. The van der Waals surface area contributed by atoms with Crippen molar-refractivity contribution in [1.29, 1.82) is 0 Å². The second-order valence-corrected chi connectivity index (χ2v) is 8.44. The minimum atomic E-state index is -3.82. The normalized spacial score (nSPS) is 17.0. The summed E-state index contributed by atoms with van der Waals surface area (Å²) in [6.45, 7) is 3.53. The summed E-state index contributed by atoms with van der Waals surface area (Å²) < 4.78 is 27.3. The number of carbonyl (C=O) groups is 1. The molecule has 1 aliphatic rings. The van der Waals surface area contributed by atoms with Gasteiger partial charge in [0.15, 0.2) is 0 Å². The average molecular weight is 389 g/mol. The lowest BCUT2D eigenvalue weighted by Crippen LogP contribution is -2.44. The van der Waals surface area contributed by atoms with Crippen molar-refractivity contribution in [2.45, 2.75) is 49.6 Å². The van der Waals surface area contributed by atoms with Crippen molar-refractivity contribution in [1.82, 2.24) is 10.0 Å². The molecular formula is C16H18Cl2N2O3S. The molecular weight excluding hydrogens is 371 g/mol. The van der Waals surface area contributed by atoms with E-state index >= 15 is 0 Å². The van der Waals surface area contributed by atoms with E-state index in [2.05, 4.69) is 16.0 Å². The largest absolute Gasteiger partial charge is 0.336 e. The predicted molar refractivity (Wildman–Crippen MR) is 94.8 cm³/mol. The number of rotatable bonds is 6. The maximum absolute atomic E-state index is 12.5. The second kappa shape index (κ2) is 6.93. The molecule has 1 aromatic rings. The highest BCUT2D eigenvalue weighted by atomic mass is 35.5. The highest BCUT2D eigenvalue weighted by molar-refractivity contribution is 7.89. The van der Waals surface area contributed by atoms with Gasteiger partial charge in [-0.1, -0.05) is 36.0 Å². The third-order valence-electron chi connectivity index (χ3n) is 3.87. The van der Waals surface area contributed by atoms with Crippen LogP contribution in [0.4, 0.5) is 0 Å². The summed E-state index contributed by atoms with van der Waals surface area (Å²) in [6.07, 6.45) is 7.52. The molecule has 0 unspecified atom stereocenters. The number of halogens is 2. The van der Waals surface area contributed by atoms with Crippen molar-refractivity contribution in [3.05, 3.63) is 27.7 Å². The molecule has 1 atom stereocenters. The molecule has 24 heavy (non-hydrogen) atoms. The van der Waals surface area contributed by atoms with Gasteiger partial charge in [0.1, 0.15) is 4.90 Å². The molecule has 1 aliphatic carbocycles. The smallest absolute Gasteiger partial charge is 0.254 e. The lowest BCUT2D eigenvalue weighted by molar-refractivity contribution is 0.0923. The number of carbonyl (C=O) groups excluding carboxylic acids is 1. The van der Waals surface area contributed by atoms with Crippen molar-refractivity contribution >= 4 is 39.1 Å². The zero-order chi connectivity index (χ0) is 18.1. The van der Waals surface area contributed by atoms with Crippen LogP contribution in [0.15, 0.2) is 17.0 Å². The highest BCUT2D eigenvalue weighted by Gasteiger charge is 2.31. The number of amides is 1. The van der Waals surface area contributed by atoms with Crippen LogP contribution < -0.4 is 10.0 Å². The summed E-state index contributed by atoms with van der Waals surface area (Å²) in [4.78, 5) is 12.3. The van der Waals surface area contributed by atoms with Gasteiger partial charge in [0.2, 0.25) is 10.0 Å². The summed E-state index contributed by atoms with van der Waals surface area (Å²) in [5, 5.41) is 2.70. The summed E-state index contributed by atoms with van der Waals surface area (Å²) in [5.41, 5.74) is -0.849. The molecule has 1 fully saturated rings. The standard InChI is InChI=1S/C16H18Cl2N2O3S/c1-4-16(3,5-2)19-15(21)11-8-14(13(18)9-12(11)17)24(22,23)20-10-6-7-10/h1,8-10,20H,5-7H2,2-3H3,(H,19,21)/t16-/m0/s1. The first-order valence-electron chi connectivity index (χ1n) is 7.43. The number of terminal acetylenes is 1. The van der Waals surface area contributed by atoms with Crippen molar-refractivity contribution in [3.8, 4) is 12.3 Å². The molecule has 5 nitrogen and oxygen atoms in total. The lowest BCUT2D eigenvalue weighted by Gasteiger charge is -2.24. The Hall–Kier alpha value is -1.26. The molecule has 0 heterocycles. The fourth-order valence-electron chi connectivity index (χ4n) is 1.94. The molecule has 0 bridgehead atoms. The fraction of sp³-hybridized carbons (Fsp3) is 0.438. The Morgan fingerprint density at radius 1 is 1.38 bits per heavy atom. The predicted octanol–water partition coefficient (Wildman–Crippen LogP) is 2.97. The summed E-state index contributed by atoms with van der Waals surface area (Å²) in [5.74, 6) is 1.95. The molecule has 1 amide bonds. The number of hydrogen-bond acceptors (Lipinski definition) is 3. The number of sulfonamides is 1. The second-order valence-electron chi connectivity index (χ2n) is 5.94. The van der Waals surface area contributed by atoms with Crippen LogP contribution in [-0.2, 0) is 10.0 Å². The number of nitrogens with one attached hydrogen (secondary N) is 2. The Labute approximate surface area is 152 Å². The van der Waals surface area contributed by atoms with E-state index in [1.165, 1.54) is 12.1 Å². The molecule has 0 aromatic heterocycles.